The van der Waals surface area contributed by atoms with E-state index in [9.17, 15) is 4.79 Å². The van der Waals surface area contributed by atoms with Crippen molar-refractivity contribution < 1.29 is 14.3 Å². The maximum absolute atomic E-state index is 12.7. The number of fused-ring (bicyclic) bond motifs is 2. The number of ketones is 1. The Balaban J connectivity index is 1.49. The van der Waals surface area contributed by atoms with Crippen LogP contribution in [0.1, 0.15) is 105 Å². The van der Waals surface area contributed by atoms with Crippen LogP contribution in [0.3, 0.4) is 0 Å². The van der Waals surface area contributed by atoms with E-state index in [1.165, 1.54) is 51.4 Å². The van der Waals surface area contributed by atoms with Crippen molar-refractivity contribution in [2.24, 2.45) is 29.6 Å². The normalized spacial score (nSPS) is 38.4. The number of carbonyl (C=O) groups is 1. The first-order valence-electron chi connectivity index (χ1n) is 12.7. The predicted molar refractivity (Wildman–Crippen MR) is 119 cm³/mol. The molecule has 0 saturated heterocycles. The van der Waals surface area contributed by atoms with Gasteiger partial charge in [-0.2, -0.15) is 0 Å². The van der Waals surface area contributed by atoms with Gasteiger partial charge in [-0.1, -0.05) is 59.8 Å². The fourth-order valence-corrected chi connectivity index (χ4v) is 6.45. The molecule has 0 radical (unpaired) electrons. The van der Waals surface area contributed by atoms with Gasteiger partial charge in [0.05, 0.1) is 11.7 Å². The van der Waals surface area contributed by atoms with E-state index in [4.69, 9.17) is 9.47 Å². The Hall–Kier alpha value is -0.410. The van der Waals surface area contributed by atoms with Gasteiger partial charge in [-0.15, -0.1) is 0 Å². The summed E-state index contributed by atoms with van der Waals surface area (Å²) in [5.41, 5.74) is -0.0771. The Morgan fingerprint density at radius 2 is 1.76 bits per heavy atom. The van der Waals surface area contributed by atoms with Gasteiger partial charge < -0.3 is 9.47 Å². The first-order valence-corrected chi connectivity index (χ1v) is 12.7. The average Bonchev–Trinajstić information content (AvgIpc) is 3.03. The first kappa shape index (κ1) is 23.3. The van der Waals surface area contributed by atoms with Gasteiger partial charge in [0.15, 0.2) is 5.78 Å². The fraction of sp³-hybridized carbons (Fsp3) is 0.962. The molecule has 0 heterocycles. The van der Waals surface area contributed by atoms with Crippen LogP contribution in [0.15, 0.2) is 0 Å². The molecule has 3 heteroatoms. The topological polar surface area (TPSA) is 35.5 Å². The fourth-order valence-electron chi connectivity index (χ4n) is 6.45. The van der Waals surface area contributed by atoms with E-state index in [1.807, 2.05) is 0 Å². The molecule has 29 heavy (non-hydrogen) atoms. The molecule has 0 aromatic carbocycles. The monoisotopic (exact) mass is 406 g/mol. The molecule has 0 aliphatic heterocycles. The molecule has 6 atom stereocenters. The molecule has 3 rings (SSSR count). The second-order valence-corrected chi connectivity index (χ2v) is 11.0. The van der Waals surface area contributed by atoms with Crippen LogP contribution >= 0.6 is 0 Å². The van der Waals surface area contributed by atoms with Crippen molar-refractivity contribution in [3.8, 4) is 0 Å². The Morgan fingerprint density at radius 1 is 1.00 bits per heavy atom. The minimum Gasteiger partial charge on any atom is -0.370 e. The second kappa shape index (κ2) is 10.8. The molecule has 0 aromatic rings. The average molecular weight is 407 g/mol. The summed E-state index contributed by atoms with van der Waals surface area (Å²) in [6.45, 7) is 9.61. The van der Waals surface area contributed by atoms with Gasteiger partial charge >= 0.3 is 0 Å². The second-order valence-electron chi connectivity index (χ2n) is 11.0. The molecule has 0 N–H and O–H groups in total. The Morgan fingerprint density at radius 3 is 2.48 bits per heavy atom. The zero-order valence-corrected chi connectivity index (χ0v) is 19.6. The van der Waals surface area contributed by atoms with Crippen molar-refractivity contribution in [2.45, 2.75) is 116 Å². The van der Waals surface area contributed by atoms with Crippen molar-refractivity contribution in [2.75, 3.05) is 13.2 Å². The van der Waals surface area contributed by atoms with Crippen molar-refractivity contribution in [1.29, 1.82) is 0 Å². The highest BCUT2D eigenvalue weighted by molar-refractivity contribution is 5.80. The van der Waals surface area contributed by atoms with Crippen LogP contribution in [0.25, 0.3) is 0 Å². The highest BCUT2D eigenvalue weighted by Gasteiger charge is 2.38. The quantitative estimate of drug-likeness (QED) is 0.457. The Bertz CT molecular complexity index is 516. The summed E-state index contributed by atoms with van der Waals surface area (Å²) < 4.78 is 12.6. The third-order valence-corrected chi connectivity index (χ3v) is 8.41. The lowest BCUT2D eigenvalue weighted by molar-refractivity contribution is -0.143. The van der Waals surface area contributed by atoms with E-state index in [1.54, 1.807) is 0 Å². The minimum atomic E-state index is -0.0771. The van der Waals surface area contributed by atoms with Crippen molar-refractivity contribution in [3.05, 3.63) is 0 Å². The predicted octanol–water partition coefficient (Wildman–Crippen LogP) is 6.58. The highest BCUT2D eigenvalue weighted by atomic mass is 16.5. The summed E-state index contributed by atoms with van der Waals surface area (Å²) in [6, 6.07) is 0. The first-order chi connectivity index (χ1) is 13.9. The molecule has 0 aromatic heterocycles. The molecule has 2 bridgehead atoms. The molecular formula is C26H46O3. The maximum Gasteiger partial charge on any atom is 0.184 e. The summed E-state index contributed by atoms with van der Waals surface area (Å²) in [7, 11) is 0. The van der Waals surface area contributed by atoms with Gasteiger partial charge in [-0.25, -0.2) is 0 Å². The summed E-state index contributed by atoms with van der Waals surface area (Å²) in [5.74, 6) is 3.73. The number of ether oxygens (including phenoxy) is 2. The number of hydrogen-bond donors (Lipinski definition) is 0. The van der Waals surface area contributed by atoms with Crippen LogP contribution in [0, 0.1) is 29.6 Å². The van der Waals surface area contributed by atoms with Crippen molar-refractivity contribution in [1.82, 2.24) is 0 Å². The lowest BCUT2D eigenvalue weighted by atomic mass is 9.75. The lowest BCUT2D eigenvalue weighted by Gasteiger charge is -2.37. The molecule has 3 fully saturated rings. The SMILES string of the molecule is CC[C@@]1(OCC(=O)COC2CC(C)CCC2C(C)C)CC[C@H]2CCCC[C@H](C2)C1. The van der Waals surface area contributed by atoms with Crippen LogP contribution in [0.5, 0.6) is 0 Å². The lowest BCUT2D eigenvalue weighted by Crippen LogP contribution is -2.38. The molecule has 3 aliphatic rings. The summed E-state index contributed by atoms with van der Waals surface area (Å²) in [4.78, 5) is 12.7. The van der Waals surface area contributed by atoms with Gasteiger partial charge in [0.1, 0.15) is 13.2 Å². The smallest absolute Gasteiger partial charge is 0.184 e. The Kier molecular flexibility index (Phi) is 8.62. The van der Waals surface area contributed by atoms with Gasteiger partial charge in [0, 0.05) is 0 Å². The van der Waals surface area contributed by atoms with E-state index >= 15 is 0 Å². The molecule has 168 valence electrons. The van der Waals surface area contributed by atoms with Gasteiger partial charge in [0.25, 0.3) is 0 Å². The Labute approximate surface area is 179 Å². The van der Waals surface area contributed by atoms with E-state index in [0.29, 0.717) is 17.8 Å². The van der Waals surface area contributed by atoms with Crippen LogP contribution in [-0.2, 0) is 14.3 Å². The third kappa shape index (κ3) is 6.53. The molecule has 3 aliphatic carbocycles. The van der Waals surface area contributed by atoms with Crippen molar-refractivity contribution >= 4 is 5.78 Å². The van der Waals surface area contributed by atoms with E-state index in [-0.39, 0.29) is 30.7 Å². The summed E-state index contributed by atoms with van der Waals surface area (Å²) in [6.07, 6.45) is 15.4. The number of hydrogen-bond acceptors (Lipinski definition) is 3. The van der Waals surface area contributed by atoms with E-state index < -0.39 is 0 Å². The molecular weight excluding hydrogens is 360 g/mol. The van der Waals surface area contributed by atoms with E-state index in [0.717, 1.165) is 37.5 Å². The van der Waals surface area contributed by atoms with Crippen LogP contribution in [0.2, 0.25) is 0 Å². The molecule has 3 saturated carbocycles. The molecule has 3 unspecified atom stereocenters. The van der Waals surface area contributed by atoms with Gasteiger partial charge in [0.2, 0.25) is 0 Å². The number of carbonyl (C=O) groups excluding carboxylic acids is 1. The molecule has 3 nitrogen and oxygen atoms in total. The standard InChI is InChI=1S/C26H46O3/c1-5-26(13-12-21-8-6-7-9-22(15-21)16-26)29-18-23(27)17-28-25-14-20(4)10-11-24(25)19(2)3/h19-22,24-25H,5-18H2,1-4H3/t20?,21-,22-,24?,25?,26-/m1/s1. The van der Waals surface area contributed by atoms with Crippen LogP contribution in [-0.4, -0.2) is 30.7 Å². The number of Topliss-reactive ketones (excluding diaryl/α,β-unsaturated/α-hetero) is 1. The molecule has 0 spiro atoms. The number of rotatable bonds is 8. The largest absolute Gasteiger partial charge is 0.370 e. The zero-order chi connectivity index (χ0) is 20.9. The zero-order valence-electron chi connectivity index (χ0n) is 19.6. The maximum atomic E-state index is 12.7. The van der Waals surface area contributed by atoms with Crippen LogP contribution in [0.4, 0.5) is 0 Å². The minimum absolute atomic E-state index is 0.0771. The van der Waals surface area contributed by atoms with Gasteiger partial charge in [-0.05, 0) is 74.5 Å². The summed E-state index contributed by atoms with van der Waals surface area (Å²) >= 11 is 0. The van der Waals surface area contributed by atoms with Crippen LogP contribution < -0.4 is 0 Å². The third-order valence-electron chi connectivity index (χ3n) is 8.41. The summed E-state index contributed by atoms with van der Waals surface area (Å²) in [5, 5.41) is 0. The highest BCUT2D eigenvalue weighted by Crippen LogP contribution is 2.43. The van der Waals surface area contributed by atoms with E-state index in [2.05, 4.69) is 27.7 Å². The van der Waals surface area contributed by atoms with Crippen molar-refractivity contribution in [3.63, 3.8) is 0 Å². The molecule has 0 amide bonds. The van der Waals surface area contributed by atoms with Gasteiger partial charge in [-0.3, -0.25) is 4.79 Å².